The fourth-order valence-corrected chi connectivity index (χ4v) is 2.58. The van der Waals surface area contributed by atoms with Crippen LogP contribution >= 0.6 is 11.3 Å². The lowest BCUT2D eigenvalue weighted by Crippen LogP contribution is -2.27. The quantitative estimate of drug-likeness (QED) is 0.858. The molecule has 2 aromatic rings. The number of amides is 1. The summed E-state index contributed by atoms with van der Waals surface area (Å²) in [5, 5.41) is 13.4. The van der Waals surface area contributed by atoms with Gasteiger partial charge in [-0.15, -0.1) is 11.3 Å². The Morgan fingerprint density at radius 1 is 1.40 bits per heavy atom. The molecule has 2 N–H and O–H groups in total. The average Bonchev–Trinajstić information content (AvgIpc) is 3.08. The van der Waals surface area contributed by atoms with E-state index in [1.165, 1.54) is 11.3 Å². The molecule has 106 valence electrons. The SMILES string of the molecule is CC(CCNC(=O)c1sccc1-n1cccc1)C(=O)O. The predicted octanol–water partition coefficient (Wildman–Crippen LogP) is 2.38. The van der Waals surface area contributed by atoms with Crippen molar-refractivity contribution < 1.29 is 14.7 Å². The van der Waals surface area contributed by atoms with E-state index in [4.69, 9.17) is 5.11 Å². The van der Waals surface area contributed by atoms with Gasteiger partial charge in [0.25, 0.3) is 5.91 Å². The fourth-order valence-electron chi connectivity index (χ4n) is 1.78. The maximum atomic E-state index is 12.1. The normalized spacial score (nSPS) is 12.1. The number of aliphatic carboxylic acids is 1. The molecule has 0 saturated carbocycles. The molecule has 5 nitrogen and oxygen atoms in total. The van der Waals surface area contributed by atoms with Crippen molar-refractivity contribution in [3.05, 3.63) is 40.8 Å². The first kappa shape index (κ1) is 14.3. The van der Waals surface area contributed by atoms with Gasteiger partial charge in [-0.1, -0.05) is 6.92 Å². The van der Waals surface area contributed by atoms with Crippen molar-refractivity contribution in [2.24, 2.45) is 5.92 Å². The summed E-state index contributed by atoms with van der Waals surface area (Å²) in [4.78, 5) is 23.4. The molecule has 0 radical (unpaired) electrons. The van der Waals surface area contributed by atoms with Crippen LogP contribution < -0.4 is 5.32 Å². The lowest BCUT2D eigenvalue weighted by molar-refractivity contribution is -0.141. The van der Waals surface area contributed by atoms with Gasteiger partial charge in [0.15, 0.2) is 0 Å². The van der Waals surface area contributed by atoms with E-state index in [9.17, 15) is 9.59 Å². The van der Waals surface area contributed by atoms with Crippen molar-refractivity contribution in [3.8, 4) is 5.69 Å². The Hall–Kier alpha value is -2.08. The zero-order valence-corrected chi connectivity index (χ0v) is 11.9. The van der Waals surface area contributed by atoms with E-state index in [1.807, 2.05) is 40.5 Å². The number of carboxylic acid groups (broad SMARTS) is 1. The second-order valence-electron chi connectivity index (χ2n) is 4.51. The van der Waals surface area contributed by atoms with Crippen LogP contribution in [0.3, 0.4) is 0 Å². The summed E-state index contributed by atoms with van der Waals surface area (Å²) in [6.07, 6.45) is 4.18. The van der Waals surface area contributed by atoms with Crippen molar-refractivity contribution in [2.75, 3.05) is 6.54 Å². The number of hydrogen-bond donors (Lipinski definition) is 2. The lowest BCUT2D eigenvalue weighted by atomic mass is 10.1. The van der Waals surface area contributed by atoms with Crippen LogP contribution in [0, 0.1) is 5.92 Å². The van der Waals surface area contributed by atoms with Gasteiger partial charge in [0.2, 0.25) is 0 Å². The number of carbonyl (C=O) groups is 2. The molecule has 0 aliphatic carbocycles. The van der Waals surface area contributed by atoms with Gasteiger partial charge >= 0.3 is 5.97 Å². The third kappa shape index (κ3) is 3.27. The Morgan fingerprint density at radius 3 is 2.75 bits per heavy atom. The summed E-state index contributed by atoms with van der Waals surface area (Å²) in [6, 6.07) is 5.68. The second kappa shape index (κ2) is 6.38. The van der Waals surface area contributed by atoms with Crippen molar-refractivity contribution >= 4 is 23.2 Å². The van der Waals surface area contributed by atoms with Gasteiger partial charge < -0.3 is 15.0 Å². The summed E-state index contributed by atoms with van der Waals surface area (Å²) in [6.45, 7) is 1.99. The molecule has 0 aliphatic heterocycles. The molecule has 6 heteroatoms. The third-order valence-corrected chi connectivity index (χ3v) is 3.92. The molecule has 1 atom stereocenters. The number of carboxylic acids is 1. The molecular formula is C14H16N2O3S. The van der Waals surface area contributed by atoms with Crippen LogP contribution in [0.25, 0.3) is 5.69 Å². The largest absolute Gasteiger partial charge is 0.481 e. The number of hydrogen-bond acceptors (Lipinski definition) is 3. The van der Waals surface area contributed by atoms with E-state index in [2.05, 4.69) is 5.32 Å². The number of carbonyl (C=O) groups excluding carboxylic acids is 1. The van der Waals surface area contributed by atoms with E-state index in [-0.39, 0.29) is 5.91 Å². The van der Waals surface area contributed by atoms with Crippen LogP contribution in [0.4, 0.5) is 0 Å². The standard InChI is InChI=1S/C14H16N2O3S/c1-10(14(18)19)4-6-15-13(17)12-11(5-9-20-12)16-7-2-3-8-16/h2-3,5,7-10H,4,6H2,1H3,(H,15,17)(H,18,19). The van der Waals surface area contributed by atoms with Crippen LogP contribution in [-0.2, 0) is 4.79 Å². The van der Waals surface area contributed by atoms with E-state index in [0.717, 1.165) is 5.69 Å². The highest BCUT2D eigenvalue weighted by Crippen LogP contribution is 2.21. The molecule has 0 spiro atoms. The van der Waals surface area contributed by atoms with Crippen molar-refractivity contribution in [2.45, 2.75) is 13.3 Å². The Labute approximate surface area is 120 Å². The van der Waals surface area contributed by atoms with E-state index < -0.39 is 11.9 Å². The molecule has 0 saturated heterocycles. The number of nitrogens with zero attached hydrogens (tertiary/aromatic N) is 1. The summed E-state index contributed by atoms with van der Waals surface area (Å²) in [5.41, 5.74) is 0.837. The van der Waals surface area contributed by atoms with Crippen molar-refractivity contribution in [1.29, 1.82) is 0 Å². The molecule has 1 amide bonds. The van der Waals surface area contributed by atoms with Gasteiger partial charge in [0.05, 0.1) is 11.6 Å². The number of nitrogens with one attached hydrogen (secondary N) is 1. The van der Waals surface area contributed by atoms with Gasteiger partial charge in [-0.05, 0) is 30.0 Å². The lowest BCUT2D eigenvalue weighted by Gasteiger charge is -2.08. The molecule has 2 aromatic heterocycles. The molecule has 0 bridgehead atoms. The Kier molecular flexibility index (Phi) is 4.57. The molecule has 20 heavy (non-hydrogen) atoms. The predicted molar refractivity (Wildman–Crippen MR) is 77.4 cm³/mol. The molecule has 2 heterocycles. The average molecular weight is 292 g/mol. The van der Waals surface area contributed by atoms with Crippen molar-refractivity contribution in [3.63, 3.8) is 0 Å². The smallest absolute Gasteiger partial charge is 0.306 e. The molecule has 0 aromatic carbocycles. The number of rotatable bonds is 6. The summed E-state index contributed by atoms with van der Waals surface area (Å²) >= 11 is 1.37. The maximum Gasteiger partial charge on any atom is 0.306 e. The minimum absolute atomic E-state index is 0.165. The summed E-state index contributed by atoms with van der Waals surface area (Å²) in [5.74, 6) is -1.47. The first-order valence-corrected chi connectivity index (χ1v) is 7.19. The molecular weight excluding hydrogens is 276 g/mol. The fraction of sp³-hybridized carbons (Fsp3) is 0.286. The van der Waals surface area contributed by atoms with Gasteiger partial charge in [-0.3, -0.25) is 9.59 Å². The minimum Gasteiger partial charge on any atom is -0.481 e. The van der Waals surface area contributed by atoms with E-state index in [1.54, 1.807) is 6.92 Å². The highest BCUT2D eigenvalue weighted by Gasteiger charge is 2.15. The molecule has 0 aliphatic rings. The molecule has 1 unspecified atom stereocenters. The van der Waals surface area contributed by atoms with Gasteiger partial charge in [0.1, 0.15) is 4.88 Å². The van der Waals surface area contributed by atoms with Crippen LogP contribution in [0.5, 0.6) is 0 Å². The Morgan fingerprint density at radius 2 is 2.10 bits per heavy atom. The first-order chi connectivity index (χ1) is 9.59. The number of thiophene rings is 1. The first-order valence-electron chi connectivity index (χ1n) is 6.31. The summed E-state index contributed by atoms with van der Waals surface area (Å²) < 4.78 is 1.88. The van der Waals surface area contributed by atoms with Gasteiger partial charge in [-0.25, -0.2) is 0 Å². The van der Waals surface area contributed by atoms with Crippen LogP contribution in [-0.4, -0.2) is 28.1 Å². The topological polar surface area (TPSA) is 71.3 Å². The maximum absolute atomic E-state index is 12.1. The molecule has 0 fully saturated rings. The summed E-state index contributed by atoms with van der Waals surface area (Å²) in [7, 11) is 0. The second-order valence-corrected chi connectivity index (χ2v) is 5.43. The highest BCUT2D eigenvalue weighted by atomic mass is 32.1. The van der Waals surface area contributed by atoms with Crippen molar-refractivity contribution in [1.82, 2.24) is 9.88 Å². The minimum atomic E-state index is -0.844. The Bertz CT molecular complexity index is 589. The van der Waals surface area contributed by atoms with E-state index in [0.29, 0.717) is 17.8 Å². The molecule has 2 rings (SSSR count). The zero-order chi connectivity index (χ0) is 14.5. The van der Waals surface area contributed by atoms with Crippen LogP contribution in [0.1, 0.15) is 23.0 Å². The van der Waals surface area contributed by atoms with Gasteiger partial charge in [-0.2, -0.15) is 0 Å². The van der Waals surface area contributed by atoms with E-state index >= 15 is 0 Å². The van der Waals surface area contributed by atoms with Gasteiger partial charge in [0, 0.05) is 18.9 Å². The Balaban J connectivity index is 1.97. The third-order valence-electron chi connectivity index (χ3n) is 3.02. The van der Waals surface area contributed by atoms with Crippen LogP contribution in [0.15, 0.2) is 36.0 Å². The zero-order valence-electron chi connectivity index (χ0n) is 11.1. The van der Waals surface area contributed by atoms with Crippen LogP contribution in [0.2, 0.25) is 0 Å². The highest BCUT2D eigenvalue weighted by molar-refractivity contribution is 7.12. The monoisotopic (exact) mass is 292 g/mol. The number of aromatic nitrogens is 1.